The van der Waals surface area contributed by atoms with Gasteiger partial charge in [-0.25, -0.2) is 0 Å². The van der Waals surface area contributed by atoms with Crippen LogP contribution < -0.4 is 11.1 Å². The van der Waals surface area contributed by atoms with Crippen LogP contribution >= 0.6 is 0 Å². The Hall–Kier alpha value is -1.39. The number of rotatable bonds is 3. The molecule has 0 bridgehead atoms. The standard InChI is InChI=1S/C13H19N3O/c1-10-8-16(12(7-14)13(17)15-10)9-11-5-3-2-4-6-11/h2-6,10,12H,7-9,14H2,1H3,(H,15,17). The second-order valence-corrected chi connectivity index (χ2v) is 4.58. The van der Waals surface area contributed by atoms with Crippen LogP contribution in [0.5, 0.6) is 0 Å². The molecule has 2 atom stereocenters. The molecule has 1 heterocycles. The zero-order valence-corrected chi connectivity index (χ0v) is 10.1. The minimum Gasteiger partial charge on any atom is -0.351 e. The SMILES string of the molecule is CC1CN(Cc2ccccc2)C(CN)C(=O)N1. The van der Waals surface area contributed by atoms with Crippen LogP contribution in [0.3, 0.4) is 0 Å². The highest BCUT2D eigenvalue weighted by Crippen LogP contribution is 2.12. The Morgan fingerprint density at radius 2 is 2.12 bits per heavy atom. The summed E-state index contributed by atoms with van der Waals surface area (Å²) in [5, 5.41) is 2.94. The molecular weight excluding hydrogens is 214 g/mol. The molecule has 0 aliphatic carbocycles. The van der Waals surface area contributed by atoms with Gasteiger partial charge in [-0.15, -0.1) is 0 Å². The minimum atomic E-state index is -0.202. The van der Waals surface area contributed by atoms with Crippen molar-refractivity contribution in [2.45, 2.75) is 25.6 Å². The van der Waals surface area contributed by atoms with Crippen LogP contribution in [-0.4, -0.2) is 36.0 Å². The summed E-state index contributed by atoms with van der Waals surface area (Å²) in [5.41, 5.74) is 6.90. The second-order valence-electron chi connectivity index (χ2n) is 4.58. The summed E-state index contributed by atoms with van der Waals surface area (Å²) < 4.78 is 0. The number of carbonyl (C=O) groups is 1. The van der Waals surface area contributed by atoms with E-state index in [1.165, 1.54) is 5.56 Å². The van der Waals surface area contributed by atoms with Crippen LogP contribution in [0.25, 0.3) is 0 Å². The summed E-state index contributed by atoms with van der Waals surface area (Å²) in [4.78, 5) is 14.0. The summed E-state index contributed by atoms with van der Waals surface area (Å²) in [7, 11) is 0. The topological polar surface area (TPSA) is 58.4 Å². The average molecular weight is 233 g/mol. The summed E-state index contributed by atoms with van der Waals surface area (Å²) in [5.74, 6) is 0.0437. The van der Waals surface area contributed by atoms with Crippen molar-refractivity contribution in [3.05, 3.63) is 35.9 Å². The van der Waals surface area contributed by atoms with E-state index in [-0.39, 0.29) is 18.0 Å². The molecule has 1 aromatic rings. The fourth-order valence-corrected chi connectivity index (χ4v) is 2.28. The Balaban J connectivity index is 2.09. The maximum Gasteiger partial charge on any atom is 0.238 e. The summed E-state index contributed by atoms with van der Waals surface area (Å²) in [6.07, 6.45) is 0. The highest BCUT2D eigenvalue weighted by Gasteiger charge is 2.31. The van der Waals surface area contributed by atoms with Crippen molar-refractivity contribution in [3.8, 4) is 0 Å². The average Bonchev–Trinajstić information content (AvgIpc) is 2.30. The third-order valence-corrected chi connectivity index (χ3v) is 3.09. The summed E-state index contributed by atoms with van der Waals surface area (Å²) in [6.45, 7) is 4.01. The smallest absolute Gasteiger partial charge is 0.238 e. The Labute approximate surface area is 102 Å². The molecule has 17 heavy (non-hydrogen) atoms. The molecule has 2 unspecified atom stereocenters. The molecular formula is C13H19N3O. The van der Waals surface area contributed by atoms with Crippen LogP contribution in [0.4, 0.5) is 0 Å². The largest absolute Gasteiger partial charge is 0.351 e. The Morgan fingerprint density at radius 1 is 1.41 bits per heavy atom. The van der Waals surface area contributed by atoms with Crippen molar-refractivity contribution in [1.82, 2.24) is 10.2 Å². The molecule has 0 saturated carbocycles. The van der Waals surface area contributed by atoms with Gasteiger partial charge in [-0.3, -0.25) is 9.69 Å². The number of amides is 1. The second kappa shape index (κ2) is 5.29. The highest BCUT2D eigenvalue weighted by molar-refractivity contribution is 5.83. The molecule has 3 N–H and O–H groups in total. The maximum absolute atomic E-state index is 11.8. The van der Waals surface area contributed by atoms with Crippen LogP contribution in [-0.2, 0) is 11.3 Å². The van der Waals surface area contributed by atoms with Gasteiger partial charge in [0.1, 0.15) is 6.04 Å². The Morgan fingerprint density at radius 3 is 2.76 bits per heavy atom. The molecule has 92 valence electrons. The Kier molecular flexibility index (Phi) is 3.76. The zero-order chi connectivity index (χ0) is 12.3. The number of carbonyl (C=O) groups excluding carboxylic acids is 1. The van der Waals surface area contributed by atoms with Crippen molar-refractivity contribution in [1.29, 1.82) is 0 Å². The zero-order valence-electron chi connectivity index (χ0n) is 10.1. The molecule has 1 aliphatic heterocycles. The van der Waals surface area contributed by atoms with E-state index in [0.717, 1.165) is 13.1 Å². The van der Waals surface area contributed by atoms with Gasteiger partial charge >= 0.3 is 0 Å². The number of piperazine rings is 1. The van der Waals surface area contributed by atoms with E-state index < -0.39 is 0 Å². The van der Waals surface area contributed by atoms with E-state index in [4.69, 9.17) is 5.73 Å². The molecule has 1 aliphatic rings. The first-order valence-corrected chi connectivity index (χ1v) is 5.99. The van der Waals surface area contributed by atoms with Gasteiger partial charge in [0.15, 0.2) is 0 Å². The van der Waals surface area contributed by atoms with Crippen molar-refractivity contribution >= 4 is 5.91 Å². The molecule has 2 rings (SSSR count). The molecule has 1 amide bonds. The van der Waals surface area contributed by atoms with Crippen LogP contribution in [0, 0.1) is 0 Å². The highest BCUT2D eigenvalue weighted by atomic mass is 16.2. The van der Waals surface area contributed by atoms with E-state index in [0.29, 0.717) is 6.54 Å². The molecule has 4 heteroatoms. The predicted molar refractivity (Wildman–Crippen MR) is 67.3 cm³/mol. The number of benzene rings is 1. The van der Waals surface area contributed by atoms with E-state index in [9.17, 15) is 4.79 Å². The van der Waals surface area contributed by atoms with Gasteiger partial charge in [0.25, 0.3) is 0 Å². The summed E-state index contributed by atoms with van der Waals surface area (Å²) >= 11 is 0. The van der Waals surface area contributed by atoms with E-state index in [1.807, 2.05) is 25.1 Å². The van der Waals surface area contributed by atoms with E-state index in [1.54, 1.807) is 0 Å². The van der Waals surface area contributed by atoms with Gasteiger partial charge in [0.05, 0.1) is 0 Å². The van der Waals surface area contributed by atoms with Gasteiger partial charge in [-0.2, -0.15) is 0 Å². The Bertz CT molecular complexity index is 380. The van der Waals surface area contributed by atoms with Crippen LogP contribution in [0.1, 0.15) is 12.5 Å². The molecule has 1 fully saturated rings. The maximum atomic E-state index is 11.8. The fraction of sp³-hybridized carbons (Fsp3) is 0.462. The lowest BCUT2D eigenvalue weighted by atomic mass is 10.1. The number of hydrogen-bond donors (Lipinski definition) is 2. The number of hydrogen-bond acceptors (Lipinski definition) is 3. The first kappa shape index (κ1) is 12.1. The van der Waals surface area contributed by atoms with Crippen LogP contribution in [0.15, 0.2) is 30.3 Å². The van der Waals surface area contributed by atoms with Crippen LogP contribution in [0.2, 0.25) is 0 Å². The normalized spacial score (nSPS) is 25.6. The minimum absolute atomic E-state index is 0.0437. The first-order chi connectivity index (χ1) is 8.20. The molecule has 1 aromatic carbocycles. The lowest BCUT2D eigenvalue weighted by Gasteiger charge is -2.37. The van der Waals surface area contributed by atoms with Crippen molar-refractivity contribution in [3.63, 3.8) is 0 Å². The first-order valence-electron chi connectivity index (χ1n) is 5.99. The van der Waals surface area contributed by atoms with Gasteiger partial charge in [0.2, 0.25) is 5.91 Å². The van der Waals surface area contributed by atoms with Crippen molar-refractivity contribution in [2.24, 2.45) is 5.73 Å². The van der Waals surface area contributed by atoms with Crippen molar-refractivity contribution in [2.75, 3.05) is 13.1 Å². The number of nitrogens with zero attached hydrogens (tertiary/aromatic N) is 1. The third-order valence-electron chi connectivity index (χ3n) is 3.09. The number of nitrogens with two attached hydrogens (primary N) is 1. The molecule has 1 saturated heterocycles. The lowest BCUT2D eigenvalue weighted by Crippen LogP contribution is -2.61. The molecule has 4 nitrogen and oxygen atoms in total. The monoisotopic (exact) mass is 233 g/mol. The van der Waals surface area contributed by atoms with Gasteiger partial charge < -0.3 is 11.1 Å². The predicted octanol–water partition coefficient (Wildman–Crippen LogP) is 0.334. The lowest BCUT2D eigenvalue weighted by molar-refractivity contribution is -0.130. The third kappa shape index (κ3) is 2.84. The fourth-order valence-electron chi connectivity index (χ4n) is 2.28. The van der Waals surface area contributed by atoms with Crippen molar-refractivity contribution < 1.29 is 4.79 Å². The summed E-state index contributed by atoms with van der Waals surface area (Å²) in [6, 6.07) is 10.2. The van der Waals surface area contributed by atoms with E-state index in [2.05, 4.69) is 22.3 Å². The van der Waals surface area contributed by atoms with Gasteiger partial charge in [-0.05, 0) is 12.5 Å². The molecule has 0 radical (unpaired) electrons. The number of nitrogens with one attached hydrogen (secondary N) is 1. The van der Waals surface area contributed by atoms with Gasteiger partial charge in [0, 0.05) is 25.7 Å². The quantitative estimate of drug-likeness (QED) is 0.791. The molecule has 0 aromatic heterocycles. The van der Waals surface area contributed by atoms with Gasteiger partial charge in [-0.1, -0.05) is 30.3 Å². The van der Waals surface area contributed by atoms with E-state index >= 15 is 0 Å². The molecule has 0 spiro atoms.